The maximum absolute atomic E-state index is 11.6. The van der Waals surface area contributed by atoms with Crippen LogP contribution in [0.5, 0.6) is 0 Å². The molecule has 0 aliphatic carbocycles. The maximum atomic E-state index is 11.6. The number of hydrogen-bond acceptors (Lipinski definition) is 4. The van der Waals surface area contributed by atoms with Gasteiger partial charge in [-0.3, -0.25) is 14.9 Å². The molecule has 2 aliphatic heterocycles. The molecule has 0 radical (unpaired) electrons. The van der Waals surface area contributed by atoms with Crippen molar-refractivity contribution in [2.75, 3.05) is 18.0 Å². The van der Waals surface area contributed by atoms with Crippen molar-refractivity contribution >= 4 is 34.7 Å². The van der Waals surface area contributed by atoms with Gasteiger partial charge >= 0.3 is 0 Å². The lowest BCUT2D eigenvalue weighted by Gasteiger charge is -2.15. The Labute approximate surface area is 156 Å². The molecule has 0 saturated carbocycles. The van der Waals surface area contributed by atoms with Crippen molar-refractivity contribution in [3.05, 3.63) is 70.1 Å². The summed E-state index contributed by atoms with van der Waals surface area (Å²) in [5, 5.41) is 1.92. The van der Waals surface area contributed by atoms with Crippen molar-refractivity contribution in [3.63, 3.8) is 0 Å². The van der Waals surface area contributed by atoms with Gasteiger partial charge in [-0.05, 0) is 53.6 Å². The average Bonchev–Trinajstić information content (AvgIpc) is 3.19. The van der Waals surface area contributed by atoms with Gasteiger partial charge in [0.2, 0.25) is 0 Å². The standard InChI is InChI=1S/C21H16N2O2S/c24-20-19(26-21(25)22-20)14-16-9-7-15(8-10-16)4-3-12-23-13-11-17-5-1-2-6-18(17)23/h1-2,5-10,14H,11-13H2,(H,22,24,25)/b19-14-. The van der Waals surface area contributed by atoms with E-state index >= 15 is 0 Å². The van der Waals surface area contributed by atoms with Crippen molar-refractivity contribution in [1.29, 1.82) is 0 Å². The first-order valence-electron chi connectivity index (χ1n) is 8.36. The highest BCUT2D eigenvalue weighted by Crippen LogP contribution is 2.27. The van der Waals surface area contributed by atoms with Gasteiger partial charge in [0.25, 0.3) is 11.1 Å². The molecule has 1 fully saturated rings. The van der Waals surface area contributed by atoms with Gasteiger partial charge in [0.05, 0.1) is 11.4 Å². The fourth-order valence-electron chi connectivity index (χ4n) is 3.04. The number of hydrogen-bond donors (Lipinski definition) is 1. The number of carbonyl (C=O) groups excluding carboxylic acids is 2. The van der Waals surface area contributed by atoms with Crippen molar-refractivity contribution < 1.29 is 9.59 Å². The minimum atomic E-state index is -0.338. The summed E-state index contributed by atoms with van der Waals surface area (Å²) in [6.07, 6.45) is 2.79. The van der Waals surface area contributed by atoms with Crippen LogP contribution in [0, 0.1) is 11.8 Å². The lowest BCUT2D eigenvalue weighted by Crippen LogP contribution is -2.20. The number of anilines is 1. The Hall–Kier alpha value is -2.97. The van der Waals surface area contributed by atoms with Gasteiger partial charge in [-0.1, -0.05) is 42.2 Å². The summed E-state index contributed by atoms with van der Waals surface area (Å²) in [5.74, 6) is 6.09. The lowest BCUT2D eigenvalue weighted by atomic mass is 10.1. The van der Waals surface area contributed by atoms with Gasteiger partial charge in [0, 0.05) is 17.8 Å². The van der Waals surface area contributed by atoms with Crippen LogP contribution in [0.15, 0.2) is 53.4 Å². The quantitative estimate of drug-likeness (QED) is 0.659. The van der Waals surface area contributed by atoms with E-state index in [4.69, 9.17) is 0 Å². The molecule has 0 atom stereocenters. The molecular weight excluding hydrogens is 344 g/mol. The van der Waals surface area contributed by atoms with Crippen molar-refractivity contribution in [2.24, 2.45) is 0 Å². The van der Waals surface area contributed by atoms with Crippen LogP contribution in [0.25, 0.3) is 6.08 Å². The number of nitrogens with one attached hydrogen (secondary N) is 1. The molecule has 2 aromatic rings. The summed E-state index contributed by atoms with van der Waals surface area (Å²) in [6.45, 7) is 1.72. The van der Waals surface area contributed by atoms with Gasteiger partial charge in [0.15, 0.2) is 0 Å². The molecule has 0 spiro atoms. The summed E-state index contributed by atoms with van der Waals surface area (Å²) < 4.78 is 0. The molecule has 1 N–H and O–H groups in total. The first kappa shape index (κ1) is 16.5. The molecule has 26 heavy (non-hydrogen) atoms. The molecule has 1 saturated heterocycles. The third kappa shape index (κ3) is 3.51. The molecule has 0 bridgehead atoms. The Bertz CT molecular complexity index is 967. The molecule has 2 amide bonds. The topological polar surface area (TPSA) is 49.4 Å². The van der Waals surface area contributed by atoms with Crippen LogP contribution in [0.3, 0.4) is 0 Å². The van der Waals surface area contributed by atoms with Crippen LogP contribution in [0.2, 0.25) is 0 Å². The maximum Gasteiger partial charge on any atom is 0.290 e. The van der Waals surface area contributed by atoms with E-state index in [9.17, 15) is 9.59 Å². The number of para-hydroxylation sites is 1. The van der Waals surface area contributed by atoms with Crippen molar-refractivity contribution in [3.8, 4) is 11.8 Å². The van der Waals surface area contributed by atoms with E-state index in [1.165, 1.54) is 11.3 Å². The van der Waals surface area contributed by atoms with E-state index < -0.39 is 0 Å². The molecule has 0 aromatic heterocycles. The second-order valence-electron chi connectivity index (χ2n) is 6.08. The summed E-state index contributed by atoms with van der Waals surface area (Å²) in [7, 11) is 0. The van der Waals surface area contributed by atoms with Gasteiger partial charge in [-0.25, -0.2) is 0 Å². The van der Waals surface area contributed by atoms with Crippen LogP contribution < -0.4 is 10.2 Å². The van der Waals surface area contributed by atoms with Crippen molar-refractivity contribution in [2.45, 2.75) is 6.42 Å². The Morgan fingerprint density at radius 3 is 2.69 bits per heavy atom. The van der Waals surface area contributed by atoms with Crippen LogP contribution in [-0.4, -0.2) is 24.2 Å². The minimum Gasteiger partial charge on any atom is -0.360 e. The zero-order valence-corrected chi connectivity index (χ0v) is 14.8. The minimum absolute atomic E-state index is 0.327. The van der Waals surface area contributed by atoms with E-state index in [1.807, 2.05) is 24.3 Å². The molecule has 0 unspecified atom stereocenters. The van der Waals surface area contributed by atoms with Crippen LogP contribution in [0.1, 0.15) is 16.7 Å². The third-order valence-electron chi connectivity index (χ3n) is 4.34. The van der Waals surface area contributed by atoms with E-state index in [0.29, 0.717) is 11.4 Å². The summed E-state index contributed by atoms with van der Waals surface area (Å²) in [5.41, 5.74) is 4.47. The lowest BCUT2D eigenvalue weighted by molar-refractivity contribution is -0.115. The number of rotatable bonds is 2. The van der Waals surface area contributed by atoms with E-state index in [-0.39, 0.29) is 11.1 Å². The van der Waals surface area contributed by atoms with Gasteiger partial charge in [-0.15, -0.1) is 0 Å². The predicted octanol–water partition coefficient (Wildman–Crippen LogP) is 3.42. The van der Waals surface area contributed by atoms with Gasteiger partial charge < -0.3 is 4.90 Å². The molecule has 4 nitrogen and oxygen atoms in total. The molecular formula is C21H16N2O2S. The number of amides is 2. The largest absolute Gasteiger partial charge is 0.360 e. The highest BCUT2D eigenvalue weighted by molar-refractivity contribution is 8.18. The Morgan fingerprint density at radius 1 is 1.12 bits per heavy atom. The first-order valence-corrected chi connectivity index (χ1v) is 9.17. The monoisotopic (exact) mass is 360 g/mol. The molecule has 128 valence electrons. The third-order valence-corrected chi connectivity index (χ3v) is 5.15. The summed E-state index contributed by atoms with van der Waals surface area (Å²) in [4.78, 5) is 25.5. The fourth-order valence-corrected chi connectivity index (χ4v) is 3.73. The zero-order chi connectivity index (χ0) is 17.9. The molecule has 2 aliphatic rings. The van der Waals surface area contributed by atoms with Gasteiger partial charge in [0.1, 0.15) is 0 Å². The smallest absolute Gasteiger partial charge is 0.290 e. The second kappa shape index (κ2) is 7.11. The van der Waals surface area contributed by atoms with Crippen LogP contribution in [0.4, 0.5) is 10.5 Å². The number of thioether (sulfide) groups is 1. The Kier molecular flexibility index (Phi) is 4.51. The average molecular weight is 360 g/mol. The molecule has 5 heteroatoms. The summed E-state index contributed by atoms with van der Waals surface area (Å²) in [6, 6.07) is 16.1. The number of nitrogens with zero attached hydrogens (tertiary/aromatic N) is 1. The van der Waals surface area contributed by atoms with Crippen molar-refractivity contribution in [1.82, 2.24) is 5.32 Å². The van der Waals surface area contributed by atoms with E-state index in [0.717, 1.165) is 35.9 Å². The molecule has 2 aromatic carbocycles. The Balaban J connectivity index is 1.41. The summed E-state index contributed by atoms with van der Waals surface area (Å²) >= 11 is 0.923. The van der Waals surface area contributed by atoms with Gasteiger partial charge in [-0.2, -0.15) is 0 Å². The SMILES string of the molecule is O=C1NC(=O)/C(=C/c2ccc(C#CCN3CCc4ccccc43)cc2)S1. The predicted molar refractivity (Wildman–Crippen MR) is 105 cm³/mol. The normalized spacial score (nSPS) is 17.1. The van der Waals surface area contributed by atoms with Crippen LogP contribution >= 0.6 is 11.8 Å². The number of imide groups is 1. The highest BCUT2D eigenvalue weighted by Gasteiger charge is 2.24. The Morgan fingerprint density at radius 2 is 1.92 bits per heavy atom. The number of carbonyl (C=O) groups is 2. The highest BCUT2D eigenvalue weighted by atomic mass is 32.2. The molecule has 2 heterocycles. The zero-order valence-electron chi connectivity index (χ0n) is 14.0. The fraction of sp³-hybridized carbons (Fsp3) is 0.143. The van der Waals surface area contributed by atoms with E-state index in [2.05, 4.69) is 46.3 Å². The number of fused-ring (bicyclic) bond motifs is 1. The molecule has 4 rings (SSSR count). The number of benzene rings is 2. The second-order valence-corrected chi connectivity index (χ2v) is 7.09. The first-order chi connectivity index (χ1) is 12.7. The van der Waals surface area contributed by atoms with Crippen LogP contribution in [-0.2, 0) is 11.2 Å². The van der Waals surface area contributed by atoms with E-state index in [1.54, 1.807) is 6.08 Å².